The molecule has 0 aromatic heterocycles. The first-order valence-electron chi connectivity index (χ1n) is 13.0. The van der Waals surface area contributed by atoms with Crippen molar-refractivity contribution in [3.05, 3.63) is 42.5 Å². The topological polar surface area (TPSA) is 178 Å². The third kappa shape index (κ3) is 7.11. The smallest absolute Gasteiger partial charge is 0.241 e. The zero-order valence-corrected chi connectivity index (χ0v) is 22.5. The number of fused-ring (bicyclic) bond motifs is 1. The summed E-state index contributed by atoms with van der Waals surface area (Å²) in [6.45, 7) is 1.86. The van der Waals surface area contributed by atoms with Gasteiger partial charge in [-0.2, -0.15) is 4.72 Å². The molecule has 0 spiro atoms. The summed E-state index contributed by atoms with van der Waals surface area (Å²) in [5.41, 5.74) is 5.63. The number of nitrogens with one attached hydrogen (secondary N) is 3. The van der Waals surface area contributed by atoms with Crippen LogP contribution < -0.4 is 15.8 Å². The van der Waals surface area contributed by atoms with Gasteiger partial charge in [-0.05, 0) is 41.7 Å². The highest BCUT2D eigenvalue weighted by molar-refractivity contribution is 7.89. The van der Waals surface area contributed by atoms with E-state index in [0.717, 1.165) is 23.6 Å². The zero-order valence-electron chi connectivity index (χ0n) is 21.7. The number of ether oxygens (including phenoxy) is 1. The number of rotatable bonds is 10. The number of aliphatic hydroxyl groups excluding tert-OH is 1. The van der Waals surface area contributed by atoms with E-state index in [4.69, 9.17) is 15.9 Å². The summed E-state index contributed by atoms with van der Waals surface area (Å²) in [5, 5.41) is 21.8. The molecule has 3 unspecified atom stereocenters. The molecule has 0 saturated carbocycles. The fraction of sp³-hybridized carbons (Fsp3) is 0.500. The highest BCUT2D eigenvalue weighted by Gasteiger charge is 2.39. The summed E-state index contributed by atoms with van der Waals surface area (Å²) in [5.74, 6) is -0.477. The van der Waals surface area contributed by atoms with Gasteiger partial charge in [-0.25, -0.2) is 8.42 Å². The number of carbonyl (C=O) groups excluding carboxylic acids is 2. The molecule has 12 nitrogen and oxygen atoms in total. The van der Waals surface area contributed by atoms with Gasteiger partial charge in [0, 0.05) is 32.7 Å². The number of amides is 1. The molecule has 39 heavy (non-hydrogen) atoms. The number of sulfonamides is 1. The number of benzene rings is 2. The number of likely N-dealkylation sites (tertiary alicyclic amines) is 1. The Bertz CT molecular complexity index is 1290. The lowest BCUT2D eigenvalue weighted by Gasteiger charge is -2.39. The van der Waals surface area contributed by atoms with Crippen molar-refractivity contribution in [2.45, 2.75) is 35.9 Å². The standard InChI is InChI=1S/C26H36N6O6S/c27-26(28)32-9-3-4-18(14-32)13-29-25(35)24(31-10-11-38-21(15-31)16-33)23(17-34)30-39(36,37)22-8-7-19-5-1-2-6-20(19)12-22/h1-2,5-8,12,17-18,21,23-24,30,33H,3-4,9-11,13-16H2,(H3,27,28)(H,29,35)/t18?,21?,23-,24?/m1/s1. The quantitative estimate of drug-likeness (QED) is 0.145. The van der Waals surface area contributed by atoms with Gasteiger partial charge in [-0.15, -0.1) is 0 Å². The highest BCUT2D eigenvalue weighted by atomic mass is 32.2. The first-order chi connectivity index (χ1) is 18.7. The maximum atomic E-state index is 13.6. The largest absolute Gasteiger partial charge is 0.394 e. The van der Waals surface area contributed by atoms with Crippen molar-refractivity contribution in [2.24, 2.45) is 11.7 Å². The number of nitrogens with two attached hydrogens (primary N) is 1. The van der Waals surface area contributed by atoms with Crippen molar-refractivity contribution < 1.29 is 27.9 Å². The second-order valence-corrected chi connectivity index (χ2v) is 11.7. The monoisotopic (exact) mass is 560 g/mol. The van der Waals surface area contributed by atoms with Crippen LogP contribution in [0, 0.1) is 11.3 Å². The average molecular weight is 561 g/mol. The molecule has 0 aliphatic carbocycles. The Morgan fingerprint density at radius 1 is 1.21 bits per heavy atom. The van der Waals surface area contributed by atoms with Gasteiger partial charge in [0.05, 0.1) is 24.2 Å². The van der Waals surface area contributed by atoms with Gasteiger partial charge >= 0.3 is 0 Å². The van der Waals surface area contributed by atoms with Crippen LogP contribution in [0.1, 0.15) is 12.8 Å². The Kier molecular flexibility index (Phi) is 9.51. The lowest BCUT2D eigenvalue weighted by atomic mass is 9.97. The molecule has 2 aromatic carbocycles. The lowest BCUT2D eigenvalue weighted by molar-refractivity contribution is -0.135. The molecule has 2 heterocycles. The third-order valence-electron chi connectivity index (χ3n) is 7.27. The molecule has 212 valence electrons. The number of morpholine rings is 1. The molecule has 2 aliphatic rings. The number of aliphatic hydroxyl groups is 1. The Balaban J connectivity index is 1.54. The highest BCUT2D eigenvalue weighted by Crippen LogP contribution is 2.21. The van der Waals surface area contributed by atoms with Gasteiger partial charge in [0.1, 0.15) is 18.4 Å². The predicted octanol–water partition coefficient (Wildman–Crippen LogP) is -0.531. The lowest BCUT2D eigenvalue weighted by Crippen LogP contribution is -2.63. The molecule has 4 atom stereocenters. The predicted molar refractivity (Wildman–Crippen MR) is 146 cm³/mol. The summed E-state index contributed by atoms with van der Waals surface area (Å²) >= 11 is 0. The van der Waals surface area contributed by atoms with Gasteiger partial charge in [-0.1, -0.05) is 30.3 Å². The van der Waals surface area contributed by atoms with E-state index in [-0.39, 0.29) is 49.6 Å². The van der Waals surface area contributed by atoms with Crippen molar-refractivity contribution in [2.75, 3.05) is 45.9 Å². The SMILES string of the molecule is N=C(N)N1CCCC(CNC(=O)C([C@@H](C=O)NS(=O)(=O)c2ccc3ccccc3c2)N2CCOC(CO)C2)C1. The number of nitrogens with zero attached hydrogens (tertiary/aromatic N) is 2. The van der Waals surface area contributed by atoms with Crippen LogP contribution in [-0.2, 0) is 24.3 Å². The van der Waals surface area contributed by atoms with Crippen LogP contribution in [0.5, 0.6) is 0 Å². The fourth-order valence-corrected chi connectivity index (χ4v) is 6.42. The first-order valence-corrected chi connectivity index (χ1v) is 14.5. The van der Waals surface area contributed by atoms with E-state index < -0.39 is 34.1 Å². The minimum atomic E-state index is -4.16. The summed E-state index contributed by atoms with van der Waals surface area (Å²) in [6.07, 6.45) is 1.53. The maximum Gasteiger partial charge on any atom is 0.241 e. The number of piperidine rings is 1. The fourth-order valence-electron chi connectivity index (χ4n) is 5.21. The van der Waals surface area contributed by atoms with Crippen molar-refractivity contribution in [3.63, 3.8) is 0 Å². The van der Waals surface area contributed by atoms with E-state index >= 15 is 0 Å². The van der Waals surface area contributed by atoms with Crippen molar-refractivity contribution in [1.29, 1.82) is 5.41 Å². The van der Waals surface area contributed by atoms with Gasteiger partial charge in [-0.3, -0.25) is 15.1 Å². The third-order valence-corrected chi connectivity index (χ3v) is 8.73. The number of guanidine groups is 1. The van der Waals surface area contributed by atoms with E-state index in [1.54, 1.807) is 28.0 Å². The molecule has 1 amide bonds. The molecule has 13 heteroatoms. The molecule has 4 rings (SSSR count). The van der Waals surface area contributed by atoms with Crippen LogP contribution in [0.4, 0.5) is 0 Å². The molecule has 2 aromatic rings. The Morgan fingerprint density at radius 2 is 1.97 bits per heavy atom. The zero-order chi connectivity index (χ0) is 28.0. The average Bonchev–Trinajstić information content (AvgIpc) is 2.95. The van der Waals surface area contributed by atoms with Crippen molar-refractivity contribution >= 4 is 38.9 Å². The van der Waals surface area contributed by atoms with Crippen LogP contribution in [0.3, 0.4) is 0 Å². The number of aldehydes is 1. The van der Waals surface area contributed by atoms with Gasteiger partial charge in [0.2, 0.25) is 15.9 Å². The number of carbonyl (C=O) groups is 2. The van der Waals surface area contributed by atoms with Gasteiger partial charge < -0.3 is 30.6 Å². The second kappa shape index (κ2) is 12.8. The van der Waals surface area contributed by atoms with Gasteiger partial charge in [0.25, 0.3) is 0 Å². The van der Waals surface area contributed by atoms with E-state index in [9.17, 15) is 23.1 Å². The van der Waals surface area contributed by atoms with Crippen LogP contribution in [-0.4, -0.2) is 106 Å². The van der Waals surface area contributed by atoms with Crippen molar-refractivity contribution in [3.8, 4) is 0 Å². The van der Waals surface area contributed by atoms with Crippen LogP contribution in [0.25, 0.3) is 10.8 Å². The van der Waals surface area contributed by atoms with E-state index in [0.29, 0.717) is 19.4 Å². The molecule has 2 fully saturated rings. The Labute approximate surface area is 228 Å². The Hall–Kier alpha value is -3.10. The number of hydrogen-bond acceptors (Lipinski definition) is 8. The molecular formula is C26H36N6O6S. The summed E-state index contributed by atoms with van der Waals surface area (Å²) in [6, 6.07) is 9.44. The van der Waals surface area contributed by atoms with Crippen LogP contribution in [0.2, 0.25) is 0 Å². The van der Waals surface area contributed by atoms with Crippen LogP contribution >= 0.6 is 0 Å². The maximum absolute atomic E-state index is 13.6. The minimum absolute atomic E-state index is 0.0172. The van der Waals surface area contributed by atoms with Crippen molar-refractivity contribution in [1.82, 2.24) is 19.8 Å². The molecule has 2 saturated heterocycles. The minimum Gasteiger partial charge on any atom is -0.394 e. The molecule has 6 N–H and O–H groups in total. The molecule has 0 radical (unpaired) electrons. The van der Waals surface area contributed by atoms with E-state index in [2.05, 4.69) is 10.0 Å². The summed E-state index contributed by atoms with van der Waals surface area (Å²) < 4.78 is 34.7. The number of hydrogen-bond donors (Lipinski definition) is 5. The first kappa shape index (κ1) is 28.9. The van der Waals surface area contributed by atoms with Gasteiger partial charge in [0.15, 0.2) is 5.96 Å². The summed E-state index contributed by atoms with van der Waals surface area (Å²) in [4.78, 5) is 29.3. The molecule has 2 aliphatic heterocycles. The molecular weight excluding hydrogens is 524 g/mol. The normalized spacial score (nSPS) is 22.2. The van der Waals surface area contributed by atoms with E-state index in [1.165, 1.54) is 12.1 Å². The Morgan fingerprint density at radius 3 is 2.69 bits per heavy atom. The summed E-state index contributed by atoms with van der Waals surface area (Å²) in [7, 11) is -4.16. The van der Waals surface area contributed by atoms with E-state index in [1.807, 2.05) is 12.1 Å². The second-order valence-electron chi connectivity index (χ2n) is 9.99. The molecule has 0 bridgehead atoms. The van der Waals surface area contributed by atoms with Crippen LogP contribution in [0.15, 0.2) is 47.4 Å².